The first-order chi connectivity index (χ1) is 17.0. The molecule has 188 valence electrons. The number of fused-ring (bicyclic) bond motifs is 2. The number of aryl methyl sites for hydroxylation is 1. The third-order valence-corrected chi connectivity index (χ3v) is 6.78. The number of benzene rings is 1. The molecule has 1 saturated heterocycles. The van der Waals surface area contributed by atoms with Gasteiger partial charge in [0.25, 0.3) is 5.91 Å². The zero-order valence-corrected chi connectivity index (χ0v) is 20.3. The van der Waals surface area contributed by atoms with Crippen LogP contribution in [-0.2, 0) is 16.1 Å². The average Bonchev–Trinajstić information content (AvgIpc) is 3.32. The van der Waals surface area contributed by atoms with E-state index in [0.717, 1.165) is 17.5 Å². The second kappa shape index (κ2) is 9.69. The number of pyridine rings is 1. The number of hydrogen-bond donors (Lipinski definition) is 2. The molecule has 3 N–H and O–H groups in total. The van der Waals surface area contributed by atoms with E-state index >= 15 is 0 Å². The van der Waals surface area contributed by atoms with Crippen LogP contribution >= 0.6 is 11.6 Å². The molecule has 1 aromatic carbocycles. The number of nitrogens with zero attached hydrogens (tertiary/aromatic N) is 3. The summed E-state index contributed by atoms with van der Waals surface area (Å²) in [7, 11) is 0. The Hall–Kier alpha value is -3.79. The Labute approximate surface area is 210 Å². The van der Waals surface area contributed by atoms with Gasteiger partial charge >= 0.3 is 5.97 Å². The first-order valence-corrected chi connectivity index (χ1v) is 11.6. The van der Waals surface area contributed by atoms with Crippen LogP contribution in [0.3, 0.4) is 0 Å². The maximum absolute atomic E-state index is 12.8. The Kier molecular flexibility index (Phi) is 6.81. The summed E-state index contributed by atoms with van der Waals surface area (Å²) in [5, 5.41) is 10.0. The smallest absolute Gasteiger partial charge is 0.326 e. The summed E-state index contributed by atoms with van der Waals surface area (Å²) in [4.78, 5) is 52.4. The second-order valence-corrected chi connectivity index (χ2v) is 9.40. The molecule has 5 rings (SSSR count). The van der Waals surface area contributed by atoms with E-state index in [1.54, 1.807) is 17.0 Å². The second-order valence-electron chi connectivity index (χ2n) is 8.99. The van der Waals surface area contributed by atoms with Crippen molar-refractivity contribution in [1.29, 1.82) is 0 Å². The van der Waals surface area contributed by atoms with Crippen LogP contribution in [0.25, 0.3) is 10.9 Å². The molecule has 0 spiro atoms. The van der Waals surface area contributed by atoms with Crippen LogP contribution in [-0.4, -0.2) is 55.2 Å². The third-order valence-electron chi connectivity index (χ3n) is 6.48. The topological polar surface area (TPSA) is 136 Å². The van der Waals surface area contributed by atoms with E-state index in [2.05, 4.69) is 4.98 Å². The van der Waals surface area contributed by atoms with E-state index in [-0.39, 0.29) is 34.9 Å². The normalized spacial score (nSPS) is 19.9. The van der Waals surface area contributed by atoms with Crippen LogP contribution < -0.4 is 5.73 Å². The number of nitrogens with two attached hydrogens (primary N) is 1. The van der Waals surface area contributed by atoms with Gasteiger partial charge in [0.2, 0.25) is 5.91 Å². The molecule has 2 aromatic heterocycles. The number of amides is 2. The van der Waals surface area contributed by atoms with Crippen molar-refractivity contribution < 1.29 is 28.7 Å². The van der Waals surface area contributed by atoms with Gasteiger partial charge in [0.15, 0.2) is 11.6 Å². The number of piperidine rings is 1. The SMILES string of the molecule is CC(=O)c1cn(CC(=O)N2[C@@H]3C[C@@H]3C[C@H]2C(=O)O)c2cnc(C)cc12.NC(=O)c1cccc(Cl)c1F. The van der Waals surface area contributed by atoms with Gasteiger partial charge in [-0.25, -0.2) is 9.18 Å². The highest BCUT2D eigenvalue weighted by atomic mass is 35.5. The van der Waals surface area contributed by atoms with Gasteiger partial charge < -0.3 is 20.3 Å². The lowest BCUT2D eigenvalue weighted by atomic mass is 10.1. The van der Waals surface area contributed by atoms with Crippen molar-refractivity contribution in [2.24, 2.45) is 11.7 Å². The quantitative estimate of drug-likeness (QED) is 0.502. The highest BCUT2D eigenvalue weighted by molar-refractivity contribution is 6.31. The van der Waals surface area contributed by atoms with Crippen molar-refractivity contribution in [3.05, 3.63) is 64.3 Å². The molecule has 9 nitrogen and oxygen atoms in total. The van der Waals surface area contributed by atoms with E-state index in [4.69, 9.17) is 17.3 Å². The van der Waals surface area contributed by atoms with Crippen LogP contribution in [0.4, 0.5) is 4.39 Å². The van der Waals surface area contributed by atoms with E-state index in [1.165, 1.54) is 30.0 Å². The number of carboxylic acids is 1. The minimum atomic E-state index is -0.945. The molecular formula is C25H24ClFN4O5. The number of carbonyl (C=O) groups is 4. The number of rotatable bonds is 5. The lowest BCUT2D eigenvalue weighted by Gasteiger charge is -2.24. The van der Waals surface area contributed by atoms with Crippen LogP contribution in [0.15, 0.2) is 36.7 Å². The monoisotopic (exact) mass is 514 g/mol. The molecule has 1 aliphatic heterocycles. The number of likely N-dealkylation sites (tertiary alicyclic amines) is 1. The van der Waals surface area contributed by atoms with Crippen molar-refractivity contribution in [2.75, 3.05) is 0 Å². The number of hydrogen-bond acceptors (Lipinski definition) is 5. The Morgan fingerprint density at radius 2 is 1.94 bits per heavy atom. The predicted octanol–water partition coefficient (Wildman–Crippen LogP) is 3.20. The molecule has 1 aliphatic carbocycles. The van der Waals surface area contributed by atoms with Gasteiger partial charge in [0, 0.05) is 28.9 Å². The third kappa shape index (κ3) is 4.81. The fourth-order valence-electron chi connectivity index (χ4n) is 4.66. The highest BCUT2D eigenvalue weighted by Crippen LogP contribution is 2.48. The molecule has 2 aliphatic rings. The zero-order chi connectivity index (χ0) is 26.3. The Morgan fingerprint density at radius 3 is 2.56 bits per heavy atom. The van der Waals surface area contributed by atoms with E-state index in [1.807, 2.05) is 13.0 Å². The molecule has 0 bridgehead atoms. The highest BCUT2D eigenvalue weighted by Gasteiger charge is 2.56. The number of Topliss-reactive ketones (excluding diaryl/α,β-unsaturated/α-hetero) is 1. The molecule has 3 heterocycles. The van der Waals surface area contributed by atoms with Gasteiger partial charge in [-0.3, -0.25) is 19.4 Å². The number of primary amides is 1. The fraction of sp³-hybridized carbons (Fsp3) is 0.320. The number of carboxylic acid groups (broad SMARTS) is 1. The van der Waals surface area contributed by atoms with Crippen molar-refractivity contribution in [2.45, 2.75) is 45.3 Å². The van der Waals surface area contributed by atoms with Crippen LogP contribution in [0.2, 0.25) is 5.02 Å². The van der Waals surface area contributed by atoms with Gasteiger partial charge in [0.1, 0.15) is 12.6 Å². The summed E-state index contributed by atoms with van der Waals surface area (Å²) in [6.07, 6.45) is 4.75. The van der Waals surface area contributed by atoms with E-state index in [9.17, 15) is 28.7 Å². The lowest BCUT2D eigenvalue weighted by molar-refractivity contribution is -0.149. The standard InChI is InChI=1S/C18H19N3O4.C7H5ClFNO/c1-9-3-12-13(10(2)22)7-20(16(12)6-19-9)8-17(23)21-14-4-11(14)5-15(21)18(24)25;8-5-3-1-2-4(6(5)9)7(10)11/h3,6-7,11,14-15H,4-5,8H2,1-2H3,(H,24,25);1-3H,(H2,10,11)/t11-,14-,15+;/m1./s1. The lowest BCUT2D eigenvalue weighted by Crippen LogP contribution is -2.44. The van der Waals surface area contributed by atoms with Gasteiger partial charge in [-0.1, -0.05) is 17.7 Å². The largest absolute Gasteiger partial charge is 0.480 e. The first-order valence-electron chi connectivity index (χ1n) is 11.2. The molecule has 11 heteroatoms. The van der Waals surface area contributed by atoms with Crippen molar-refractivity contribution in [1.82, 2.24) is 14.5 Å². The summed E-state index contributed by atoms with van der Waals surface area (Å²) in [5.74, 6) is -2.49. The van der Waals surface area contributed by atoms with Crippen molar-refractivity contribution in [3.63, 3.8) is 0 Å². The molecule has 0 radical (unpaired) electrons. The number of halogens is 2. The minimum absolute atomic E-state index is 0.0154. The molecule has 36 heavy (non-hydrogen) atoms. The number of aliphatic carboxylic acids is 1. The molecule has 0 unspecified atom stereocenters. The van der Waals surface area contributed by atoms with Crippen molar-refractivity contribution in [3.8, 4) is 0 Å². The fourth-order valence-corrected chi connectivity index (χ4v) is 4.84. The number of aromatic nitrogens is 2. The van der Waals surface area contributed by atoms with Gasteiger partial charge in [0.05, 0.1) is 22.3 Å². The summed E-state index contributed by atoms with van der Waals surface area (Å²) < 4.78 is 14.5. The average molecular weight is 515 g/mol. The minimum Gasteiger partial charge on any atom is -0.480 e. The first kappa shape index (κ1) is 25.3. The van der Waals surface area contributed by atoms with E-state index in [0.29, 0.717) is 23.4 Å². The van der Waals surface area contributed by atoms with Crippen LogP contribution in [0, 0.1) is 18.7 Å². The number of carbonyl (C=O) groups excluding carboxylic acids is 3. The zero-order valence-electron chi connectivity index (χ0n) is 19.6. The Bertz CT molecular complexity index is 1400. The Morgan fingerprint density at radius 1 is 1.22 bits per heavy atom. The molecular weight excluding hydrogens is 491 g/mol. The molecule has 2 fully saturated rings. The van der Waals surface area contributed by atoms with Crippen LogP contribution in [0.5, 0.6) is 0 Å². The summed E-state index contributed by atoms with van der Waals surface area (Å²) >= 11 is 5.38. The molecule has 3 aromatic rings. The van der Waals surface area contributed by atoms with E-state index < -0.39 is 23.7 Å². The maximum Gasteiger partial charge on any atom is 0.326 e. The predicted molar refractivity (Wildman–Crippen MR) is 129 cm³/mol. The van der Waals surface area contributed by atoms with Gasteiger partial charge in [-0.15, -0.1) is 0 Å². The molecule has 3 atom stereocenters. The van der Waals surface area contributed by atoms with Gasteiger partial charge in [-0.05, 0) is 50.8 Å². The van der Waals surface area contributed by atoms with Crippen LogP contribution in [0.1, 0.15) is 46.2 Å². The summed E-state index contributed by atoms with van der Waals surface area (Å²) in [6.45, 7) is 3.36. The van der Waals surface area contributed by atoms with Gasteiger partial charge in [-0.2, -0.15) is 0 Å². The summed E-state index contributed by atoms with van der Waals surface area (Å²) in [6, 6.07) is 5.26. The summed E-state index contributed by atoms with van der Waals surface area (Å²) in [5.41, 5.74) is 6.72. The maximum atomic E-state index is 12.8. The van der Waals surface area contributed by atoms with Crippen molar-refractivity contribution >= 4 is 46.1 Å². The molecule has 2 amide bonds. The molecule has 1 saturated carbocycles. The number of ketones is 1. The Balaban J connectivity index is 0.000000233.